The number of pyridine rings is 2. The topological polar surface area (TPSA) is 59.3 Å². The molecule has 0 bridgehead atoms. The fourth-order valence-electron chi connectivity index (χ4n) is 2.66. The molecule has 5 heteroatoms. The number of nitrogens with zero attached hydrogens (tertiary/aromatic N) is 3. The molecule has 0 atom stereocenters. The summed E-state index contributed by atoms with van der Waals surface area (Å²) >= 11 is 0. The summed E-state index contributed by atoms with van der Waals surface area (Å²) in [5.74, 6) is 0.336. The van der Waals surface area contributed by atoms with Crippen molar-refractivity contribution in [2.24, 2.45) is 0 Å². The molecule has 3 heterocycles. The van der Waals surface area contributed by atoms with Crippen LogP contribution in [0.3, 0.4) is 0 Å². The molecule has 0 aliphatic rings. The van der Waals surface area contributed by atoms with Crippen LogP contribution in [-0.2, 0) is 0 Å². The standard InChI is InChI=1S/C20H16N4O/c1-14-7-9-21-18(11-14)23-20(25)16-8-10-24-13-17(22-19(24)12-16)15-5-3-2-4-6-15/h2-13H,1H3,(H,21,23,25). The second-order valence-corrected chi connectivity index (χ2v) is 5.85. The van der Waals surface area contributed by atoms with E-state index in [4.69, 9.17) is 0 Å². The molecule has 3 aromatic heterocycles. The maximum Gasteiger partial charge on any atom is 0.257 e. The van der Waals surface area contributed by atoms with Gasteiger partial charge in [0.05, 0.1) is 5.69 Å². The number of benzene rings is 1. The van der Waals surface area contributed by atoms with E-state index < -0.39 is 0 Å². The van der Waals surface area contributed by atoms with Gasteiger partial charge in [-0.2, -0.15) is 0 Å². The number of fused-ring (bicyclic) bond motifs is 1. The number of carbonyl (C=O) groups excluding carboxylic acids is 1. The smallest absolute Gasteiger partial charge is 0.257 e. The third-order valence-electron chi connectivity index (χ3n) is 3.95. The predicted octanol–water partition coefficient (Wildman–Crippen LogP) is 3.96. The van der Waals surface area contributed by atoms with Crippen LogP contribution in [0.15, 0.2) is 73.2 Å². The van der Waals surface area contributed by atoms with Crippen molar-refractivity contribution >= 4 is 17.4 Å². The third kappa shape index (κ3) is 3.12. The van der Waals surface area contributed by atoms with Crippen LogP contribution < -0.4 is 5.32 Å². The van der Waals surface area contributed by atoms with Crippen molar-refractivity contribution < 1.29 is 4.79 Å². The first-order chi connectivity index (χ1) is 12.2. The summed E-state index contributed by atoms with van der Waals surface area (Å²) in [6, 6.07) is 17.2. The van der Waals surface area contributed by atoms with Crippen LogP contribution in [0.1, 0.15) is 15.9 Å². The zero-order valence-electron chi connectivity index (χ0n) is 13.7. The van der Waals surface area contributed by atoms with Gasteiger partial charge < -0.3 is 9.72 Å². The monoisotopic (exact) mass is 328 g/mol. The van der Waals surface area contributed by atoms with E-state index in [9.17, 15) is 4.79 Å². The number of hydrogen-bond donors (Lipinski definition) is 1. The minimum absolute atomic E-state index is 0.204. The number of aromatic nitrogens is 3. The lowest BCUT2D eigenvalue weighted by atomic mass is 10.2. The summed E-state index contributed by atoms with van der Waals surface area (Å²) in [7, 11) is 0. The van der Waals surface area contributed by atoms with E-state index in [-0.39, 0.29) is 5.91 Å². The van der Waals surface area contributed by atoms with E-state index >= 15 is 0 Å². The highest BCUT2D eigenvalue weighted by Crippen LogP contribution is 2.19. The molecule has 4 aromatic rings. The summed E-state index contributed by atoms with van der Waals surface area (Å²) in [4.78, 5) is 21.2. The molecule has 0 radical (unpaired) electrons. The van der Waals surface area contributed by atoms with Gasteiger partial charge in [-0.25, -0.2) is 9.97 Å². The molecule has 0 saturated carbocycles. The average molecular weight is 328 g/mol. The predicted molar refractivity (Wildman–Crippen MR) is 97.6 cm³/mol. The largest absolute Gasteiger partial charge is 0.307 e. The Morgan fingerprint density at radius 2 is 1.92 bits per heavy atom. The Bertz CT molecular complexity index is 1050. The van der Waals surface area contributed by atoms with Crippen LogP contribution in [0.4, 0.5) is 5.82 Å². The highest BCUT2D eigenvalue weighted by atomic mass is 16.1. The van der Waals surface area contributed by atoms with E-state index in [0.29, 0.717) is 11.4 Å². The molecule has 122 valence electrons. The number of amides is 1. The molecule has 0 fully saturated rings. The Hall–Kier alpha value is -3.47. The van der Waals surface area contributed by atoms with E-state index in [1.54, 1.807) is 18.3 Å². The first-order valence-corrected chi connectivity index (χ1v) is 7.97. The summed E-state index contributed by atoms with van der Waals surface area (Å²) in [5.41, 5.74) is 4.23. The first kappa shape index (κ1) is 15.1. The van der Waals surface area contributed by atoms with Crippen molar-refractivity contribution in [3.63, 3.8) is 0 Å². The van der Waals surface area contributed by atoms with Crippen molar-refractivity contribution in [1.29, 1.82) is 0 Å². The Kier molecular flexibility index (Phi) is 3.74. The van der Waals surface area contributed by atoms with Gasteiger partial charge in [-0.15, -0.1) is 0 Å². The molecule has 1 aromatic carbocycles. The number of aryl methyl sites for hydroxylation is 1. The molecule has 0 unspecified atom stereocenters. The van der Waals surface area contributed by atoms with Gasteiger partial charge in [-0.1, -0.05) is 30.3 Å². The first-order valence-electron chi connectivity index (χ1n) is 7.97. The maximum atomic E-state index is 12.5. The molecule has 25 heavy (non-hydrogen) atoms. The minimum atomic E-state index is -0.204. The zero-order chi connectivity index (χ0) is 17.2. The van der Waals surface area contributed by atoms with Gasteiger partial charge in [-0.3, -0.25) is 4.79 Å². The number of carbonyl (C=O) groups is 1. The van der Waals surface area contributed by atoms with Gasteiger partial charge in [0.1, 0.15) is 11.5 Å². The van der Waals surface area contributed by atoms with Gasteiger partial charge in [0, 0.05) is 29.7 Å². The van der Waals surface area contributed by atoms with Crippen LogP contribution >= 0.6 is 0 Å². The van der Waals surface area contributed by atoms with Crippen LogP contribution in [0.25, 0.3) is 16.9 Å². The second kappa shape index (κ2) is 6.20. The number of anilines is 1. The van der Waals surface area contributed by atoms with Gasteiger partial charge >= 0.3 is 0 Å². The Labute approximate surface area is 145 Å². The summed E-state index contributed by atoms with van der Waals surface area (Å²) in [6.07, 6.45) is 5.47. The molecule has 5 nitrogen and oxygen atoms in total. The van der Waals surface area contributed by atoms with Gasteiger partial charge in [0.15, 0.2) is 0 Å². The van der Waals surface area contributed by atoms with Crippen LogP contribution in [0.5, 0.6) is 0 Å². The summed E-state index contributed by atoms with van der Waals surface area (Å²) in [6.45, 7) is 1.96. The lowest BCUT2D eigenvalue weighted by molar-refractivity contribution is 0.102. The van der Waals surface area contributed by atoms with Crippen molar-refractivity contribution in [3.8, 4) is 11.3 Å². The van der Waals surface area contributed by atoms with E-state index in [1.165, 1.54) is 0 Å². The number of nitrogens with one attached hydrogen (secondary N) is 1. The molecule has 0 aliphatic heterocycles. The third-order valence-corrected chi connectivity index (χ3v) is 3.95. The summed E-state index contributed by atoms with van der Waals surface area (Å²) < 4.78 is 1.91. The number of rotatable bonds is 3. The average Bonchev–Trinajstić information content (AvgIpc) is 3.06. The van der Waals surface area contributed by atoms with E-state index in [1.807, 2.05) is 66.2 Å². The SMILES string of the molecule is Cc1ccnc(NC(=O)c2ccn3cc(-c4ccccc4)nc3c2)c1. The van der Waals surface area contributed by atoms with Crippen LogP contribution in [-0.4, -0.2) is 20.3 Å². The number of imidazole rings is 1. The van der Waals surface area contributed by atoms with E-state index in [2.05, 4.69) is 15.3 Å². The lowest BCUT2D eigenvalue weighted by Gasteiger charge is -2.05. The van der Waals surface area contributed by atoms with Gasteiger partial charge in [-0.05, 0) is 36.8 Å². The minimum Gasteiger partial charge on any atom is -0.307 e. The van der Waals surface area contributed by atoms with Crippen molar-refractivity contribution in [2.45, 2.75) is 6.92 Å². The highest BCUT2D eigenvalue weighted by Gasteiger charge is 2.10. The van der Waals surface area contributed by atoms with Crippen molar-refractivity contribution in [1.82, 2.24) is 14.4 Å². The lowest BCUT2D eigenvalue weighted by Crippen LogP contribution is -2.13. The molecular weight excluding hydrogens is 312 g/mol. The molecule has 0 spiro atoms. The Morgan fingerprint density at radius 3 is 2.72 bits per heavy atom. The second-order valence-electron chi connectivity index (χ2n) is 5.85. The van der Waals surface area contributed by atoms with Gasteiger partial charge in [0.2, 0.25) is 0 Å². The molecule has 1 N–H and O–H groups in total. The Balaban J connectivity index is 1.63. The van der Waals surface area contributed by atoms with Gasteiger partial charge in [0.25, 0.3) is 5.91 Å². The zero-order valence-corrected chi connectivity index (χ0v) is 13.7. The Morgan fingerprint density at radius 1 is 1.08 bits per heavy atom. The molecule has 1 amide bonds. The van der Waals surface area contributed by atoms with E-state index in [0.717, 1.165) is 22.5 Å². The molecule has 0 aliphatic carbocycles. The fraction of sp³-hybridized carbons (Fsp3) is 0.0500. The maximum absolute atomic E-state index is 12.5. The molecular formula is C20H16N4O. The molecule has 0 saturated heterocycles. The van der Waals surface area contributed by atoms with Crippen LogP contribution in [0, 0.1) is 6.92 Å². The normalized spacial score (nSPS) is 10.8. The summed E-state index contributed by atoms with van der Waals surface area (Å²) in [5, 5.41) is 2.82. The quantitative estimate of drug-likeness (QED) is 0.619. The fourth-order valence-corrected chi connectivity index (χ4v) is 2.66. The van der Waals surface area contributed by atoms with Crippen LogP contribution in [0.2, 0.25) is 0 Å². The molecule has 4 rings (SSSR count). The van der Waals surface area contributed by atoms with Crippen molar-refractivity contribution in [2.75, 3.05) is 5.32 Å². The highest BCUT2D eigenvalue weighted by molar-refractivity contribution is 6.04. The number of hydrogen-bond acceptors (Lipinski definition) is 3. The van der Waals surface area contributed by atoms with Crippen molar-refractivity contribution in [3.05, 3.63) is 84.3 Å².